The van der Waals surface area contributed by atoms with Gasteiger partial charge in [-0.05, 0) is 29.8 Å². The minimum Gasteiger partial charge on any atom is -0.487 e. The molecule has 0 fully saturated rings. The first-order valence-corrected chi connectivity index (χ1v) is 9.68. The van der Waals surface area contributed by atoms with Gasteiger partial charge < -0.3 is 15.2 Å². The Bertz CT molecular complexity index is 1310. The standard InChI is InChI=1S/C22H17FN6O4/c23-17-5-15(8-24-10-17)21(30)26-7-14-2-1-3-20(4-14)33-13-18-12-29(28-27-18)19-6-16(22(31)32)9-25-11-19/h1-6,8-12H,7,13H2,(H,26,30)(H,31,32). The van der Waals surface area contributed by atoms with Gasteiger partial charge in [0.1, 0.15) is 23.9 Å². The maximum absolute atomic E-state index is 13.2. The predicted molar refractivity (Wildman–Crippen MR) is 112 cm³/mol. The topological polar surface area (TPSA) is 132 Å². The fourth-order valence-corrected chi connectivity index (χ4v) is 2.88. The van der Waals surface area contributed by atoms with E-state index in [2.05, 4.69) is 25.6 Å². The van der Waals surface area contributed by atoms with Crippen LogP contribution in [0.25, 0.3) is 5.69 Å². The third-order valence-electron chi connectivity index (χ3n) is 4.48. The number of nitrogens with zero attached hydrogens (tertiary/aromatic N) is 5. The zero-order valence-electron chi connectivity index (χ0n) is 17.1. The lowest BCUT2D eigenvalue weighted by Crippen LogP contribution is -2.23. The highest BCUT2D eigenvalue weighted by molar-refractivity contribution is 5.93. The number of ether oxygens (including phenoxy) is 1. The Morgan fingerprint density at radius 3 is 2.70 bits per heavy atom. The smallest absolute Gasteiger partial charge is 0.337 e. The molecule has 0 unspecified atom stereocenters. The SMILES string of the molecule is O=C(O)c1cncc(-n2cc(COc3cccc(CNC(=O)c4cncc(F)c4)c3)nn2)c1. The number of aromatic carboxylic acids is 1. The van der Waals surface area contributed by atoms with Crippen molar-refractivity contribution in [3.63, 3.8) is 0 Å². The van der Waals surface area contributed by atoms with Crippen LogP contribution in [-0.2, 0) is 13.2 Å². The molecule has 0 radical (unpaired) electrons. The van der Waals surface area contributed by atoms with Crippen LogP contribution < -0.4 is 10.1 Å². The number of rotatable bonds is 8. The van der Waals surface area contributed by atoms with Crippen LogP contribution in [0.4, 0.5) is 4.39 Å². The first-order chi connectivity index (χ1) is 16.0. The van der Waals surface area contributed by atoms with Gasteiger partial charge in [-0.2, -0.15) is 0 Å². The van der Waals surface area contributed by atoms with E-state index < -0.39 is 17.7 Å². The molecule has 1 amide bonds. The molecule has 0 atom stereocenters. The summed E-state index contributed by atoms with van der Waals surface area (Å²) in [7, 11) is 0. The molecule has 0 saturated heterocycles. The number of carbonyl (C=O) groups excluding carboxylic acids is 1. The second-order valence-corrected chi connectivity index (χ2v) is 6.90. The van der Waals surface area contributed by atoms with Crippen LogP contribution in [0.3, 0.4) is 0 Å². The highest BCUT2D eigenvalue weighted by Gasteiger charge is 2.10. The van der Waals surface area contributed by atoms with Crippen molar-refractivity contribution >= 4 is 11.9 Å². The molecule has 4 rings (SSSR count). The van der Waals surface area contributed by atoms with E-state index in [0.29, 0.717) is 17.1 Å². The van der Waals surface area contributed by atoms with Crippen molar-refractivity contribution < 1.29 is 23.8 Å². The van der Waals surface area contributed by atoms with Crippen molar-refractivity contribution in [2.75, 3.05) is 0 Å². The van der Waals surface area contributed by atoms with E-state index in [0.717, 1.165) is 17.8 Å². The molecule has 0 saturated carbocycles. The molecule has 0 aliphatic carbocycles. The van der Waals surface area contributed by atoms with Gasteiger partial charge in [-0.15, -0.1) is 5.10 Å². The highest BCUT2D eigenvalue weighted by atomic mass is 19.1. The summed E-state index contributed by atoms with van der Waals surface area (Å²) in [6.45, 7) is 0.340. The number of amides is 1. The van der Waals surface area contributed by atoms with Gasteiger partial charge in [-0.1, -0.05) is 17.3 Å². The van der Waals surface area contributed by atoms with Gasteiger partial charge in [0, 0.05) is 18.9 Å². The van der Waals surface area contributed by atoms with Gasteiger partial charge >= 0.3 is 5.97 Å². The summed E-state index contributed by atoms with van der Waals surface area (Å²) >= 11 is 0. The monoisotopic (exact) mass is 448 g/mol. The van der Waals surface area contributed by atoms with Crippen molar-refractivity contribution in [3.8, 4) is 11.4 Å². The normalized spacial score (nSPS) is 10.6. The number of carboxylic acids is 1. The van der Waals surface area contributed by atoms with Crippen molar-refractivity contribution in [3.05, 3.63) is 95.6 Å². The first kappa shape index (κ1) is 21.6. The van der Waals surface area contributed by atoms with Gasteiger partial charge in [0.25, 0.3) is 5.91 Å². The molecule has 3 heterocycles. The summed E-state index contributed by atoms with van der Waals surface area (Å²) in [5.74, 6) is -1.55. The molecule has 166 valence electrons. The van der Waals surface area contributed by atoms with E-state index in [-0.39, 0.29) is 24.3 Å². The second-order valence-electron chi connectivity index (χ2n) is 6.90. The van der Waals surface area contributed by atoms with Gasteiger partial charge in [0.2, 0.25) is 0 Å². The van der Waals surface area contributed by atoms with Crippen LogP contribution in [0.1, 0.15) is 32.0 Å². The molecule has 2 N–H and O–H groups in total. The summed E-state index contributed by atoms with van der Waals surface area (Å²) in [4.78, 5) is 30.8. The quantitative estimate of drug-likeness (QED) is 0.420. The number of aromatic nitrogens is 5. The van der Waals surface area contributed by atoms with Crippen molar-refractivity contribution in [1.29, 1.82) is 0 Å². The van der Waals surface area contributed by atoms with E-state index in [9.17, 15) is 14.0 Å². The second kappa shape index (κ2) is 9.64. The lowest BCUT2D eigenvalue weighted by atomic mass is 10.2. The lowest BCUT2D eigenvalue weighted by molar-refractivity contribution is 0.0696. The third kappa shape index (κ3) is 5.53. The Morgan fingerprint density at radius 2 is 1.88 bits per heavy atom. The van der Waals surface area contributed by atoms with Gasteiger partial charge in [0.15, 0.2) is 0 Å². The summed E-state index contributed by atoms with van der Waals surface area (Å²) in [5, 5.41) is 19.8. The molecule has 0 spiro atoms. The fraction of sp³-hybridized carbons (Fsp3) is 0.0909. The highest BCUT2D eigenvalue weighted by Crippen LogP contribution is 2.16. The van der Waals surface area contributed by atoms with Gasteiger partial charge in [-0.3, -0.25) is 14.8 Å². The molecule has 4 aromatic rings. The van der Waals surface area contributed by atoms with Crippen LogP contribution in [0.15, 0.2) is 67.4 Å². The molecule has 3 aromatic heterocycles. The number of pyridine rings is 2. The Balaban J connectivity index is 1.35. The summed E-state index contributed by atoms with van der Waals surface area (Å²) < 4.78 is 20.4. The van der Waals surface area contributed by atoms with E-state index in [1.807, 2.05) is 6.07 Å². The summed E-state index contributed by atoms with van der Waals surface area (Å²) in [6, 6.07) is 9.66. The maximum atomic E-state index is 13.2. The average molecular weight is 448 g/mol. The van der Waals surface area contributed by atoms with E-state index >= 15 is 0 Å². The summed E-state index contributed by atoms with van der Waals surface area (Å²) in [6.07, 6.45) is 6.65. The first-order valence-electron chi connectivity index (χ1n) is 9.68. The van der Waals surface area contributed by atoms with Crippen molar-refractivity contribution in [2.24, 2.45) is 0 Å². The molecule has 0 aliphatic rings. The number of carbonyl (C=O) groups is 2. The predicted octanol–water partition coefficient (Wildman–Crippen LogP) is 2.40. The Labute approximate surface area is 186 Å². The Hall–Kier alpha value is -4.67. The molecule has 11 heteroatoms. The number of halogens is 1. The number of nitrogens with one attached hydrogen (secondary N) is 1. The number of carboxylic acid groups (broad SMARTS) is 1. The van der Waals surface area contributed by atoms with Gasteiger partial charge in [-0.25, -0.2) is 13.9 Å². The largest absolute Gasteiger partial charge is 0.487 e. The van der Waals surface area contributed by atoms with Crippen LogP contribution in [0.5, 0.6) is 5.75 Å². The third-order valence-corrected chi connectivity index (χ3v) is 4.48. The minimum atomic E-state index is -1.09. The van der Waals surface area contributed by atoms with Crippen LogP contribution >= 0.6 is 0 Å². The van der Waals surface area contributed by atoms with Gasteiger partial charge in [0.05, 0.1) is 35.4 Å². The van der Waals surface area contributed by atoms with E-state index in [1.54, 1.807) is 24.4 Å². The van der Waals surface area contributed by atoms with Crippen molar-refractivity contribution in [1.82, 2.24) is 30.3 Å². The minimum absolute atomic E-state index is 0.0402. The number of hydrogen-bond donors (Lipinski definition) is 2. The lowest BCUT2D eigenvalue weighted by Gasteiger charge is -2.08. The molecule has 10 nitrogen and oxygen atoms in total. The summed E-state index contributed by atoms with van der Waals surface area (Å²) in [5.41, 5.74) is 1.94. The van der Waals surface area contributed by atoms with E-state index in [1.165, 1.54) is 29.3 Å². The van der Waals surface area contributed by atoms with Crippen LogP contribution in [-0.4, -0.2) is 41.9 Å². The van der Waals surface area contributed by atoms with Crippen molar-refractivity contribution in [2.45, 2.75) is 13.2 Å². The zero-order valence-corrected chi connectivity index (χ0v) is 17.1. The maximum Gasteiger partial charge on any atom is 0.337 e. The Kier molecular flexibility index (Phi) is 6.30. The number of hydrogen-bond acceptors (Lipinski definition) is 7. The number of benzene rings is 1. The molecular formula is C22H17FN6O4. The molecule has 0 bridgehead atoms. The molecule has 1 aromatic carbocycles. The molecule has 33 heavy (non-hydrogen) atoms. The van der Waals surface area contributed by atoms with E-state index in [4.69, 9.17) is 9.84 Å². The molecular weight excluding hydrogens is 431 g/mol. The Morgan fingerprint density at radius 1 is 1.06 bits per heavy atom. The van der Waals surface area contributed by atoms with Crippen LogP contribution in [0.2, 0.25) is 0 Å². The average Bonchev–Trinajstić information content (AvgIpc) is 3.31. The van der Waals surface area contributed by atoms with Crippen LogP contribution in [0, 0.1) is 5.82 Å². The fourth-order valence-electron chi connectivity index (χ4n) is 2.88. The zero-order chi connectivity index (χ0) is 23.2. The molecule has 0 aliphatic heterocycles.